The maximum absolute atomic E-state index is 13.2. The van der Waals surface area contributed by atoms with Gasteiger partial charge in [0.05, 0.1) is 0 Å². The molecule has 6 nitrogen and oxygen atoms in total. The van der Waals surface area contributed by atoms with E-state index < -0.39 is 11.7 Å². The summed E-state index contributed by atoms with van der Waals surface area (Å²) in [7, 11) is 0. The van der Waals surface area contributed by atoms with Crippen molar-refractivity contribution < 1.29 is 19.1 Å². The van der Waals surface area contributed by atoms with Crippen LogP contribution in [0.15, 0.2) is 11.6 Å². The first kappa shape index (κ1) is 24.3. The van der Waals surface area contributed by atoms with E-state index in [1.54, 1.807) is 0 Å². The van der Waals surface area contributed by atoms with Gasteiger partial charge < -0.3 is 15.4 Å². The molecule has 0 radical (unpaired) electrons. The molecule has 6 atom stereocenters. The molecule has 0 aliphatic heterocycles. The Morgan fingerprint density at radius 2 is 1.73 bits per heavy atom. The zero-order chi connectivity index (χ0) is 24.0. The number of ether oxygens (including phenoxy) is 1. The summed E-state index contributed by atoms with van der Waals surface area (Å²) < 4.78 is 5.25. The van der Waals surface area contributed by atoms with Crippen LogP contribution in [0.3, 0.4) is 0 Å². The van der Waals surface area contributed by atoms with Gasteiger partial charge in [0.15, 0.2) is 5.78 Å². The standard InChI is InChI=1S/C27H42N2O4/c1-25(2,3)33-24(32)29-15-14-28-23(31)22-9-8-20-19-7-6-17-16-18(30)10-12-26(17,4)21(19)11-13-27(20,22)5/h16,19-22H,6-15H2,1-5H3,(H,28,31)(H,29,32)/t19?,20?,21?,22?,26-,27-/m0/s1. The second-order valence-corrected chi connectivity index (χ2v) is 12.4. The van der Waals surface area contributed by atoms with Crippen molar-refractivity contribution in [3.63, 3.8) is 0 Å². The van der Waals surface area contributed by atoms with E-state index in [0.717, 1.165) is 44.9 Å². The van der Waals surface area contributed by atoms with Crippen molar-refractivity contribution in [2.75, 3.05) is 13.1 Å². The van der Waals surface area contributed by atoms with Crippen LogP contribution in [0, 0.1) is 34.5 Å². The smallest absolute Gasteiger partial charge is 0.407 e. The van der Waals surface area contributed by atoms with Gasteiger partial charge >= 0.3 is 6.09 Å². The molecule has 184 valence electrons. The van der Waals surface area contributed by atoms with Crippen molar-refractivity contribution in [2.24, 2.45) is 34.5 Å². The van der Waals surface area contributed by atoms with Gasteiger partial charge in [-0.2, -0.15) is 0 Å². The minimum Gasteiger partial charge on any atom is -0.444 e. The number of carbonyl (C=O) groups is 3. The molecule has 3 saturated carbocycles. The molecule has 6 heteroatoms. The average molecular weight is 459 g/mol. The minimum atomic E-state index is -0.528. The fourth-order valence-electron chi connectivity index (χ4n) is 7.78. The number of amides is 2. The van der Waals surface area contributed by atoms with Crippen LogP contribution in [0.4, 0.5) is 4.79 Å². The van der Waals surface area contributed by atoms with Crippen LogP contribution in [0.5, 0.6) is 0 Å². The number of ketones is 1. The third-order valence-electron chi connectivity index (χ3n) is 9.37. The van der Waals surface area contributed by atoms with E-state index in [0.29, 0.717) is 43.0 Å². The Hall–Kier alpha value is -1.85. The zero-order valence-electron chi connectivity index (χ0n) is 21.1. The summed E-state index contributed by atoms with van der Waals surface area (Å²) in [4.78, 5) is 37.0. The third-order valence-corrected chi connectivity index (χ3v) is 9.37. The lowest BCUT2D eigenvalue weighted by molar-refractivity contribution is -0.132. The molecule has 0 heterocycles. The van der Waals surface area contributed by atoms with Gasteiger partial charge in [0, 0.05) is 25.4 Å². The number of alkyl carbamates (subject to hydrolysis) is 1. The molecule has 0 aromatic rings. The molecule has 3 fully saturated rings. The number of nitrogens with one attached hydrogen (secondary N) is 2. The molecular weight excluding hydrogens is 416 g/mol. The number of carbonyl (C=O) groups excluding carboxylic acids is 3. The number of fused-ring (bicyclic) bond motifs is 5. The van der Waals surface area contributed by atoms with Crippen molar-refractivity contribution in [1.82, 2.24) is 10.6 Å². The predicted molar refractivity (Wildman–Crippen MR) is 127 cm³/mol. The molecule has 0 aromatic carbocycles. The molecule has 4 aliphatic rings. The first-order chi connectivity index (χ1) is 15.4. The Balaban J connectivity index is 1.35. The predicted octanol–water partition coefficient (Wildman–Crippen LogP) is 4.78. The van der Waals surface area contributed by atoms with E-state index in [1.807, 2.05) is 26.8 Å². The van der Waals surface area contributed by atoms with Gasteiger partial charge in [-0.15, -0.1) is 0 Å². The number of hydrogen-bond donors (Lipinski definition) is 2. The molecule has 4 unspecified atom stereocenters. The van der Waals surface area contributed by atoms with Crippen LogP contribution >= 0.6 is 0 Å². The number of allylic oxidation sites excluding steroid dienone is 1. The fraction of sp³-hybridized carbons (Fsp3) is 0.815. The zero-order valence-corrected chi connectivity index (χ0v) is 21.1. The fourth-order valence-corrected chi connectivity index (χ4v) is 7.78. The number of rotatable bonds is 4. The Morgan fingerprint density at radius 1 is 1.00 bits per heavy atom. The average Bonchev–Trinajstić information content (AvgIpc) is 3.07. The first-order valence-electron chi connectivity index (χ1n) is 12.9. The maximum Gasteiger partial charge on any atom is 0.407 e. The third kappa shape index (κ3) is 4.59. The summed E-state index contributed by atoms with van der Waals surface area (Å²) in [5, 5.41) is 5.79. The largest absolute Gasteiger partial charge is 0.444 e. The van der Waals surface area contributed by atoms with Crippen molar-refractivity contribution >= 4 is 17.8 Å². The summed E-state index contributed by atoms with van der Waals surface area (Å²) >= 11 is 0. The van der Waals surface area contributed by atoms with Crippen molar-refractivity contribution in [1.29, 1.82) is 0 Å². The second kappa shape index (κ2) is 8.74. The number of hydrogen-bond acceptors (Lipinski definition) is 4. The van der Waals surface area contributed by atoms with Gasteiger partial charge in [0.1, 0.15) is 5.60 Å². The van der Waals surface area contributed by atoms with Crippen LogP contribution in [-0.2, 0) is 14.3 Å². The quantitative estimate of drug-likeness (QED) is 0.594. The summed E-state index contributed by atoms with van der Waals surface area (Å²) in [6, 6.07) is 0. The van der Waals surface area contributed by atoms with Crippen molar-refractivity contribution in [2.45, 2.75) is 91.6 Å². The lowest BCUT2D eigenvalue weighted by atomic mass is 9.47. The van der Waals surface area contributed by atoms with Crippen LogP contribution < -0.4 is 10.6 Å². The summed E-state index contributed by atoms with van der Waals surface area (Å²) in [5.74, 6) is 2.37. The van der Waals surface area contributed by atoms with Gasteiger partial charge in [-0.25, -0.2) is 4.79 Å². The SMILES string of the molecule is CC(C)(C)OC(=O)NCCNC(=O)C1CCC2C3CCC4=CC(=O)CC[C@]4(C)C3CC[C@]12C. The van der Waals surface area contributed by atoms with E-state index in [9.17, 15) is 14.4 Å². The van der Waals surface area contributed by atoms with Gasteiger partial charge in [-0.1, -0.05) is 19.4 Å². The molecule has 4 aliphatic carbocycles. The highest BCUT2D eigenvalue weighted by Crippen LogP contribution is 2.66. The van der Waals surface area contributed by atoms with Crippen molar-refractivity contribution in [3.05, 3.63) is 11.6 Å². The Bertz CT molecular complexity index is 844. The Labute approximate surface area is 198 Å². The van der Waals surface area contributed by atoms with Crippen LogP contribution in [-0.4, -0.2) is 36.5 Å². The Morgan fingerprint density at radius 3 is 2.45 bits per heavy atom. The summed E-state index contributed by atoms with van der Waals surface area (Å²) in [5.41, 5.74) is 1.09. The molecule has 33 heavy (non-hydrogen) atoms. The first-order valence-corrected chi connectivity index (χ1v) is 12.9. The molecule has 0 aromatic heterocycles. The molecule has 0 saturated heterocycles. The molecule has 2 N–H and O–H groups in total. The highest BCUT2D eigenvalue weighted by molar-refractivity contribution is 5.91. The van der Waals surface area contributed by atoms with Gasteiger partial charge in [-0.05, 0) is 100 Å². The van der Waals surface area contributed by atoms with E-state index in [4.69, 9.17) is 4.74 Å². The summed E-state index contributed by atoms with van der Waals surface area (Å²) in [6.45, 7) is 11.0. The maximum atomic E-state index is 13.2. The molecule has 0 bridgehead atoms. The van der Waals surface area contributed by atoms with E-state index in [-0.39, 0.29) is 22.7 Å². The normalized spacial score (nSPS) is 37.8. The highest BCUT2D eigenvalue weighted by Gasteiger charge is 2.60. The lowest BCUT2D eigenvalue weighted by Crippen LogP contribution is -2.52. The van der Waals surface area contributed by atoms with E-state index >= 15 is 0 Å². The second-order valence-electron chi connectivity index (χ2n) is 12.4. The lowest BCUT2D eigenvalue weighted by Gasteiger charge is -2.58. The molecule has 0 spiro atoms. The van der Waals surface area contributed by atoms with Gasteiger partial charge in [-0.3, -0.25) is 9.59 Å². The molecular formula is C27H42N2O4. The van der Waals surface area contributed by atoms with Gasteiger partial charge in [0.2, 0.25) is 5.91 Å². The Kier molecular flexibility index (Phi) is 6.43. The molecule has 2 amide bonds. The molecule has 4 rings (SSSR count). The van der Waals surface area contributed by atoms with Gasteiger partial charge in [0.25, 0.3) is 0 Å². The van der Waals surface area contributed by atoms with E-state index in [1.165, 1.54) is 5.57 Å². The van der Waals surface area contributed by atoms with E-state index in [2.05, 4.69) is 24.5 Å². The van der Waals surface area contributed by atoms with Crippen LogP contribution in [0.25, 0.3) is 0 Å². The van der Waals surface area contributed by atoms with Crippen molar-refractivity contribution in [3.8, 4) is 0 Å². The minimum absolute atomic E-state index is 0.0441. The summed E-state index contributed by atoms with van der Waals surface area (Å²) in [6.07, 6.45) is 9.72. The monoisotopic (exact) mass is 458 g/mol. The van der Waals surface area contributed by atoms with Crippen LogP contribution in [0.1, 0.15) is 86.0 Å². The van der Waals surface area contributed by atoms with Crippen LogP contribution in [0.2, 0.25) is 0 Å². The highest BCUT2D eigenvalue weighted by atomic mass is 16.6. The topological polar surface area (TPSA) is 84.5 Å².